The molecule has 0 radical (unpaired) electrons. The number of hydrogen-bond donors (Lipinski definition) is 1. The van der Waals surface area contributed by atoms with E-state index in [0.29, 0.717) is 5.75 Å². The summed E-state index contributed by atoms with van der Waals surface area (Å²) < 4.78 is 0. The van der Waals surface area contributed by atoms with Gasteiger partial charge in [-0.15, -0.1) is 0 Å². The van der Waals surface area contributed by atoms with Gasteiger partial charge in [0, 0.05) is 5.56 Å². The number of phenols is 1. The van der Waals surface area contributed by atoms with Crippen molar-refractivity contribution in [3.63, 3.8) is 0 Å². The zero-order chi connectivity index (χ0) is 21.6. The Kier molecular flexibility index (Phi) is 9.44. The molecule has 1 nitrogen and oxygen atoms in total. The summed E-state index contributed by atoms with van der Waals surface area (Å²) in [5, 5.41) is 9.56. The fourth-order valence-electron chi connectivity index (χ4n) is 3.88. The summed E-state index contributed by atoms with van der Waals surface area (Å²) in [4.78, 5) is 0. The molecule has 5 rings (SSSR count). The molecule has 4 aromatic rings. The lowest BCUT2D eigenvalue weighted by Gasteiger charge is -2.21. The quantitative estimate of drug-likeness (QED) is 0.352. The minimum Gasteiger partial charge on any atom is -0.507 e. The van der Waals surface area contributed by atoms with Gasteiger partial charge in [0.2, 0.25) is 0 Å². The van der Waals surface area contributed by atoms with Crippen LogP contribution in [0.4, 0.5) is 0 Å². The van der Waals surface area contributed by atoms with Gasteiger partial charge in [-0.1, -0.05) is 135 Å². The van der Waals surface area contributed by atoms with E-state index in [4.69, 9.17) is 0 Å². The molecule has 0 amide bonds. The van der Waals surface area contributed by atoms with Gasteiger partial charge >= 0.3 is 0 Å². The Morgan fingerprint density at radius 3 is 1.48 bits per heavy atom. The summed E-state index contributed by atoms with van der Waals surface area (Å²) in [7, 11) is 0. The lowest BCUT2D eigenvalue weighted by Crippen LogP contribution is -2.03. The van der Waals surface area contributed by atoms with E-state index in [0.717, 1.165) is 17.0 Å². The standard InChI is InChI=1S/C12H10O.C12H16.C6H6/c13-12-9-5-4-8-11(12)10-6-2-1-3-7-10;1-3-7-11(8-4-1)12-9-5-2-6-10-12;1-2-4-6-5-3-1/h1-9,13H;1,3-4,7-8,12H,2,5-6,9-10H2;1-6H. The molecule has 1 saturated carbocycles. The van der Waals surface area contributed by atoms with E-state index in [1.54, 1.807) is 11.6 Å². The Morgan fingerprint density at radius 2 is 0.935 bits per heavy atom. The average Bonchev–Trinajstić information content (AvgIpc) is 2.88. The van der Waals surface area contributed by atoms with Crippen molar-refractivity contribution in [1.82, 2.24) is 0 Å². The molecule has 0 atom stereocenters. The van der Waals surface area contributed by atoms with Gasteiger partial charge in [-0.2, -0.15) is 0 Å². The van der Waals surface area contributed by atoms with Crippen LogP contribution in [0, 0.1) is 0 Å². The van der Waals surface area contributed by atoms with Gasteiger partial charge in [0.15, 0.2) is 0 Å². The molecule has 0 bridgehead atoms. The number of phenolic OH excluding ortho intramolecular Hbond substituents is 1. The molecular formula is C30H32O. The van der Waals surface area contributed by atoms with Crippen LogP contribution in [0.5, 0.6) is 5.75 Å². The van der Waals surface area contributed by atoms with Crippen LogP contribution in [0.25, 0.3) is 11.1 Å². The highest BCUT2D eigenvalue weighted by Gasteiger charge is 2.14. The lowest BCUT2D eigenvalue weighted by atomic mass is 9.84. The number of hydrogen-bond acceptors (Lipinski definition) is 1. The second-order valence-corrected chi connectivity index (χ2v) is 7.78. The summed E-state index contributed by atoms with van der Waals surface area (Å²) in [5.41, 5.74) is 3.47. The Morgan fingerprint density at radius 1 is 0.484 bits per heavy atom. The van der Waals surface area contributed by atoms with Crippen molar-refractivity contribution in [1.29, 1.82) is 0 Å². The molecule has 0 aliphatic heterocycles. The van der Waals surface area contributed by atoms with Gasteiger partial charge in [0.1, 0.15) is 5.75 Å². The third-order valence-electron chi connectivity index (χ3n) is 5.53. The molecule has 4 aromatic carbocycles. The average molecular weight is 409 g/mol. The van der Waals surface area contributed by atoms with Gasteiger partial charge in [0.05, 0.1) is 0 Å². The first kappa shape index (κ1) is 22.4. The summed E-state index contributed by atoms with van der Waals surface area (Å²) >= 11 is 0. The molecule has 0 saturated heterocycles. The lowest BCUT2D eigenvalue weighted by molar-refractivity contribution is 0.443. The number of benzene rings is 4. The van der Waals surface area contributed by atoms with Crippen molar-refractivity contribution in [2.45, 2.75) is 38.0 Å². The number of para-hydroxylation sites is 1. The number of aromatic hydroxyl groups is 1. The van der Waals surface area contributed by atoms with Gasteiger partial charge in [-0.25, -0.2) is 0 Å². The van der Waals surface area contributed by atoms with Gasteiger partial charge in [-0.3, -0.25) is 0 Å². The Bertz CT molecular complexity index is 932. The van der Waals surface area contributed by atoms with E-state index in [9.17, 15) is 5.11 Å². The van der Waals surface area contributed by atoms with E-state index >= 15 is 0 Å². The van der Waals surface area contributed by atoms with Crippen LogP contribution < -0.4 is 0 Å². The maximum Gasteiger partial charge on any atom is 0.123 e. The highest BCUT2D eigenvalue weighted by atomic mass is 16.3. The molecule has 31 heavy (non-hydrogen) atoms. The van der Waals surface area contributed by atoms with Gasteiger partial charge < -0.3 is 5.11 Å². The van der Waals surface area contributed by atoms with Gasteiger partial charge in [-0.05, 0) is 36.0 Å². The predicted molar refractivity (Wildman–Crippen MR) is 132 cm³/mol. The number of rotatable bonds is 2. The summed E-state index contributed by atoms with van der Waals surface area (Å²) in [5.74, 6) is 1.19. The van der Waals surface area contributed by atoms with Crippen LogP contribution >= 0.6 is 0 Å². The third-order valence-corrected chi connectivity index (χ3v) is 5.53. The second kappa shape index (κ2) is 13.1. The van der Waals surface area contributed by atoms with Crippen LogP contribution in [-0.4, -0.2) is 5.11 Å². The zero-order valence-corrected chi connectivity index (χ0v) is 18.1. The molecule has 0 spiro atoms. The van der Waals surface area contributed by atoms with Crippen molar-refractivity contribution < 1.29 is 5.11 Å². The minimum atomic E-state index is 0.328. The van der Waals surface area contributed by atoms with Crippen molar-refractivity contribution in [3.8, 4) is 16.9 Å². The molecule has 1 aliphatic rings. The molecule has 0 aromatic heterocycles. The summed E-state index contributed by atoms with van der Waals surface area (Å²) in [6.45, 7) is 0. The van der Waals surface area contributed by atoms with E-state index in [1.165, 1.54) is 32.1 Å². The Hall–Kier alpha value is -3.32. The first-order valence-electron chi connectivity index (χ1n) is 11.2. The largest absolute Gasteiger partial charge is 0.507 e. The molecule has 0 unspecified atom stereocenters. The van der Waals surface area contributed by atoms with Crippen LogP contribution in [-0.2, 0) is 0 Å². The summed E-state index contributed by atoms with van der Waals surface area (Å²) in [6, 6.07) is 40.2. The first-order valence-corrected chi connectivity index (χ1v) is 11.2. The molecular weight excluding hydrogens is 376 g/mol. The molecule has 1 heteroatoms. The topological polar surface area (TPSA) is 20.2 Å². The minimum absolute atomic E-state index is 0.328. The molecule has 0 heterocycles. The zero-order valence-electron chi connectivity index (χ0n) is 18.1. The monoisotopic (exact) mass is 408 g/mol. The maximum absolute atomic E-state index is 9.56. The normalized spacial score (nSPS) is 13.2. The molecule has 158 valence electrons. The van der Waals surface area contributed by atoms with E-state index < -0.39 is 0 Å². The highest BCUT2D eigenvalue weighted by Crippen LogP contribution is 2.32. The Labute approximate surface area is 187 Å². The van der Waals surface area contributed by atoms with Gasteiger partial charge in [0.25, 0.3) is 0 Å². The van der Waals surface area contributed by atoms with Crippen LogP contribution in [0.1, 0.15) is 43.6 Å². The molecule has 1 fully saturated rings. The molecule has 1 N–H and O–H groups in total. The summed E-state index contributed by atoms with van der Waals surface area (Å²) in [6.07, 6.45) is 7.12. The van der Waals surface area contributed by atoms with Crippen LogP contribution in [0.2, 0.25) is 0 Å². The van der Waals surface area contributed by atoms with Crippen molar-refractivity contribution >= 4 is 0 Å². The van der Waals surface area contributed by atoms with E-state index in [-0.39, 0.29) is 0 Å². The Balaban J connectivity index is 0.000000140. The second-order valence-electron chi connectivity index (χ2n) is 7.78. The maximum atomic E-state index is 9.56. The fraction of sp³-hybridized carbons (Fsp3) is 0.200. The fourth-order valence-corrected chi connectivity index (χ4v) is 3.88. The van der Waals surface area contributed by atoms with Crippen molar-refractivity contribution in [3.05, 3.63) is 127 Å². The van der Waals surface area contributed by atoms with Crippen molar-refractivity contribution in [2.24, 2.45) is 0 Å². The highest BCUT2D eigenvalue weighted by molar-refractivity contribution is 5.69. The van der Waals surface area contributed by atoms with Crippen LogP contribution in [0.3, 0.4) is 0 Å². The first-order chi connectivity index (χ1) is 15.3. The SMILES string of the molecule is Oc1ccccc1-c1ccccc1.c1ccc(C2CCCCC2)cc1.c1ccccc1. The molecule has 1 aliphatic carbocycles. The van der Waals surface area contributed by atoms with Crippen molar-refractivity contribution in [2.75, 3.05) is 0 Å². The predicted octanol–water partition coefficient (Wildman–Crippen LogP) is 8.48. The van der Waals surface area contributed by atoms with E-state index in [2.05, 4.69) is 30.3 Å². The van der Waals surface area contributed by atoms with Crippen LogP contribution in [0.15, 0.2) is 121 Å². The van der Waals surface area contributed by atoms with E-state index in [1.807, 2.05) is 84.9 Å². The smallest absolute Gasteiger partial charge is 0.123 e. The third kappa shape index (κ3) is 7.79.